The van der Waals surface area contributed by atoms with Crippen LogP contribution in [0.3, 0.4) is 0 Å². The number of anilines is 1. The lowest BCUT2D eigenvalue weighted by molar-refractivity contribution is -0.386. The first-order valence-electron chi connectivity index (χ1n) is 7.31. The summed E-state index contributed by atoms with van der Waals surface area (Å²) in [4.78, 5) is 10.1. The molecule has 0 aliphatic rings. The van der Waals surface area contributed by atoms with Crippen LogP contribution in [0.15, 0.2) is 35.2 Å². The van der Waals surface area contributed by atoms with Crippen LogP contribution in [0.4, 0.5) is 11.4 Å². The normalized spacial score (nSPS) is 10.9. The Morgan fingerprint density at radius 3 is 2.08 bits per heavy atom. The van der Waals surface area contributed by atoms with Crippen LogP contribution in [0, 0.1) is 17.0 Å². The Kier molecular flexibility index (Phi) is 5.56. The zero-order valence-corrected chi connectivity index (χ0v) is 15.4. The molecular formula is C16H18N2O7S. The molecule has 0 radical (unpaired) electrons. The van der Waals surface area contributed by atoms with Crippen LogP contribution in [0.2, 0.25) is 0 Å². The third-order valence-electron chi connectivity index (χ3n) is 3.63. The van der Waals surface area contributed by atoms with Crippen molar-refractivity contribution in [3.8, 4) is 17.2 Å². The van der Waals surface area contributed by atoms with E-state index in [1.807, 2.05) is 0 Å². The highest BCUT2D eigenvalue weighted by atomic mass is 32.2. The van der Waals surface area contributed by atoms with Gasteiger partial charge in [0.2, 0.25) is 0 Å². The maximum atomic E-state index is 12.6. The van der Waals surface area contributed by atoms with E-state index in [-0.39, 0.29) is 16.3 Å². The molecule has 0 saturated heterocycles. The summed E-state index contributed by atoms with van der Waals surface area (Å²) in [6, 6.07) is 6.49. The molecule has 26 heavy (non-hydrogen) atoms. The number of sulfonamides is 1. The van der Waals surface area contributed by atoms with Gasteiger partial charge in [0, 0.05) is 12.1 Å². The SMILES string of the molecule is COc1cc(C)c(NS(=O)(=O)c2ccc(OC)c([N+](=O)[O-])c2)cc1OC. The van der Waals surface area contributed by atoms with Crippen LogP contribution in [0.5, 0.6) is 17.2 Å². The van der Waals surface area contributed by atoms with Crippen LogP contribution in [-0.4, -0.2) is 34.7 Å². The van der Waals surface area contributed by atoms with Crippen LogP contribution < -0.4 is 18.9 Å². The zero-order valence-electron chi connectivity index (χ0n) is 14.6. The van der Waals surface area contributed by atoms with E-state index in [9.17, 15) is 18.5 Å². The van der Waals surface area contributed by atoms with E-state index >= 15 is 0 Å². The second kappa shape index (κ2) is 7.48. The lowest BCUT2D eigenvalue weighted by Crippen LogP contribution is -2.14. The average Bonchev–Trinajstić information content (AvgIpc) is 2.62. The number of nitrogens with zero attached hydrogens (tertiary/aromatic N) is 1. The van der Waals surface area contributed by atoms with Gasteiger partial charge in [-0.3, -0.25) is 14.8 Å². The van der Waals surface area contributed by atoms with Crippen molar-refractivity contribution in [2.75, 3.05) is 26.1 Å². The fraction of sp³-hybridized carbons (Fsp3) is 0.250. The molecule has 140 valence electrons. The van der Waals surface area contributed by atoms with Crippen molar-refractivity contribution >= 4 is 21.4 Å². The average molecular weight is 382 g/mol. The molecule has 0 saturated carbocycles. The van der Waals surface area contributed by atoms with Gasteiger partial charge < -0.3 is 14.2 Å². The number of nitro benzene ring substituents is 1. The maximum absolute atomic E-state index is 12.6. The van der Waals surface area contributed by atoms with Crippen molar-refractivity contribution in [3.63, 3.8) is 0 Å². The highest BCUT2D eigenvalue weighted by molar-refractivity contribution is 7.92. The Bertz CT molecular complexity index is 942. The first-order valence-corrected chi connectivity index (χ1v) is 8.79. The number of benzene rings is 2. The molecule has 2 rings (SSSR count). The van der Waals surface area contributed by atoms with Crippen molar-refractivity contribution in [1.29, 1.82) is 0 Å². The summed E-state index contributed by atoms with van der Waals surface area (Å²) in [5.74, 6) is 0.765. The Balaban J connectivity index is 2.47. The van der Waals surface area contributed by atoms with Gasteiger partial charge in [-0.15, -0.1) is 0 Å². The van der Waals surface area contributed by atoms with Crippen LogP contribution in [0.1, 0.15) is 5.56 Å². The quantitative estimate of drug-likeness (QED) is 0.578. The van der Waals surface area contributed by atoms with E-state index < -0.39 is 20.6 Å². The number of hydrogen-bond donors (Lipinski definition) is 1. The van der Waals surface area contributed by atoms with Gasteiger partial charge in [0.05, 0.1) is 36.8 Å². The van der Waals surface area contributed by atoms with Crippen molar-refractivity contribution in [2.24, 2.45) is 0 Å². The van der Waals surface area contributed by atoms with Crippen molar-refractivity contribution < 1.29 is 27.6 Å². The molecule has 0 spiro atoms. The van der Waals surface area contributed by atoms with Gasteiger partial charge in [0.1, 0.15) is 0 Å². The molecule has 0 heterocycles. The van der Waals surface area contributed by atoms with E-state index in [1.54, 1.807) is 13.0 Å². The summed E-state index contributed by atoms with van der Waals surface area (Å²) >= 11 is 0. The summed E-state index contributed by atoms with van der Waals surface area (Å²) in [5.41, 5.74) is 0.412. The molecule has 0 aromatic heterocycles. The van der Waals surface area contributed by atoms with Crippen molar-refractivity contribution in [2.45, 2.75) is 11.8 Å². The molecule has 1 N–H and O–H groups in total. The van der Waals surface area contributed by atoms with Crippen LogP contribution >= 0.6 is 0 Å². The minimum absolute atomic E-state index is 0.0313. The number of rotatable bonds is 7. The number of methoxy groups -OCH3 is 3. The number of ether oxygens (including phenoxy) is 3. The number of nitro groups is 1. The summed E-state index contributed by atoms with van der Waals surface area (Å²) in [7, 11) is 0.0966. The van der Waals surface area contributed by atoms with E-state index in [0.29, 0.717) is 17.1 Å². The molecule has 0 fully saturated rings. The predicted octanol–water partition coefficient (Wildman–Crippen LogP) is 2.73. The number of hydrogen-bond acceptors (Lipinski definition) is 7. The van der Waals surface area contributed by atoms with Gasteiger partial charge in [0.25, 0.3) is 10.0 Å². The van der Waals surface area contributed by atoms with E-state index in [0.717, 1.165) is 6.07 Å². The topological polar surface area (TPSA) is 117 Å². The third-order valence-corrected chi connectivity index (χ3v) is 5.00. The first kappa shape index (κ1) is 19.3. The fourth-order valence-electron chi connectivity index (χ4n) is 2.27. The minimum atomic E-state index is -4.07. The largest absolute Gasteiger partial charge is 0.493 e. The molecular weight excluding hydrogens is 364 g/mol. The van der Waals surface area contributed by atoms with Crippen molar-refractivity contribution in [3.05, 3.63) is 46.0 Å². The van der Waals surface area contributed by atoms with Gasteiger partial charge in [-0.2, -0.15) is 0 Å². The number of aryl methyl sites for hydroxylation is 1. The number of nitrogens with one attached hydrogen (secondary N) is 1. The van der Waals surface area contributed by atoms with Gasteiger partial charge >= 0.3 is 5.69 Å². The summed E-state index contributed by atoms with van der Waals surface area (Å²) < 4.78 is 42.9. The van der Waals surface area contributed by atoms with E-state index in [2.05, 4.69) is 4.72 Å². The fourth-order valence-corrected chi connectivity index (χ4v) is 3.42. The summed E-state index contributed by atoms with van der Waals surface area (Å²) in [5, 5.41) is 11.1. The molecule has 2 aromatic rings. The Hall–Kier alpha value is -3.01. The highest BCUT2D eigenvalue weighted by Gasteiger charge is 2.23. The summed E-state index contributed by atoms with van der Waals surface area (Å²) in [6.07, 6.45) is 0. The van der Waals surface area contributed by atoms with E-state index in [1.165, 1.54) is 39.5 Å². The monoisotopic (exact) mass is 382 g/mol. The molecule has 9 nitrogen and oxygen atoms in total. The molecule has 10 heteroatoms. The maximum Gasteiger partial charge on any atom is 0.312 e. The second-order valence-electron chi connectivity index (χ2n) is 5.22. The zero-order chi connectivity index (χ0) is 19.5. The van der Waals surface area contributed by atoms with Gasteiger partial charge in [-0.25, -0.2) is 8.42 Å². The van der Waals surface area contributed by atoms with Crippen LogP contribution in [-0.2, 0) is 10.0 Å². The van der Waals surface area contributed by atoms with Gasteiger partial charge in [-0.1, -0.05) is 0 Å². The Morgan fingerprint density at radius 2 is 1.54 bits per heavy atom. The standard InChI is InChI=1S/C16H18N2O7S/c1-10-7-15(24-3)16(25-4)9-12(10)17-26(21,22)11-5-6-14(23-2)13(8-11)18(19)20/h5-9,17H,1-4H3. The molecule has 2 aromatic carbocycles. The highest BCUT2D eigenvalue weighted by Crippen LogP contribution is 2.35. The third kappa shape index (κ3) is 3.80. The molecule has 0 aliphatic heterocycles. The minimum Gasteiger partial charge on any atom is -0.493 e. The Morgan fingerprint density at radius 1 is 0.962 bits per heavy atom. The molecule has 0 aliphatic carbocycles. The molecule has 0 unspecified atom stereocenters. The molecule has 0 atom stereocenters. The molecule has 0 bridgehead atoms. The van der Waals surface area contributed by atoms with Gasteiger partial charge in [0.15, 0.2) is 17.2 Å². The Labute approximate surface area is 150 Å². The lowest BCUT2D eigenvalue weighted by Gasteiger charge is -2.15. The molecule has 0 amide bonds. The van der Waals surface area contributed by atoms with Crippen LogP contribution in [0.25, 0.3) is 0 Å². The first-order chi connectivity index (χ1) is 12.2. The lowest BCUT2D eigenvalue weighted by atomic mass is 10.2. The second-order valence-corrected chi connectivity index (χ2v) is 6.90. The van der Waals surface area contributed by atoms with Crippen molar-refractivity contribution in [1.82, 2.24) is 0 Å². The van der Waals surface area contributed by atoms with Gasteiger partial charge in [-0.05, 0) is 30.7 Å². The summed E-state index contributed by atoms with van der Waals surface area (Å²) in [6.45, 7) is 1.69. The van der Waals surface area contributed by atoms with E-state index in [4.69, 9.17) is 14.2 Å². The predicted molar refractivity (Wildman–Crippen MR) is 94.7 cm³/mol. The smallest absolute Gasteiger partial charge is 0.312 e.